The second kappa shape index (κ2) is 8.41. The van der Waals surface area contributed by atoms with Gasteiger partial charge in [0.05, 0.1) is 6.20 Å². The van der Waals surface area contributed by atoms with Crippen LogP contribution in [0.5, 0.6) is 5.75 Å². The van der Waals surface area contributed by atoms with Gasteiger partial charge in [0.2, 0.25) is 5.95 Å². The number of pyridine rings is 1. The van der Waals surface area contributed by atoms with Crippen molar-refractivity contribution >= 4 is 11.4 Å². The van der Waals surface area contributed by atoms with Crippen molar-refractivity contribution in [2.24, 2.45) is 0 Å². The second-order valence-electron chi connectivity index (χ2n) is 6.80. The van der Waals surface area contributed by atoms with Crippen molar-refractivity contribution in [3.05, 3.63) is 101 Å². The van der Waals surface area contributed by atoms with Crippen molar-refractivity contribution in [2.45, 2.75) is 19.4 Å². The molecule has 0 saturated heterocycles. The lowest BCUT2D eigenvalue weighted by Gasteiger charge is -2.10. The molecule has 2 aromatic heterocycles. The number of hydrogen-bond donors (Lipinski definition) is 0. The van der Waals surface area contributed by atoms with E-state index in [1.54, 1.807) is 30.5 Å². The Hall–Kier alpha value is -3.61. The highest BCUT2D eigenvalue weighted by Gasteiger charge is 2.12. The Morgan fingerprint density at radius 1 is 0.967 bits per heavy atom. The second-order valence-corrected chi connectivity index (χ2v) is 6.80. The average molecular weight is 410 g/mol. The number of halogens is 3. The Kier molecular flexibility index (Phi) is 5.52. The molecule has 0 atom stereocenters. The molecule has 4 nitrogen and oxygen atoms in total. The Labute approximate surface area is 170 Å². The summed E-state index contributed by atoms with van der Waals surface area (Å²) >= 11 is 0. The highest BCUT2D eigenvalue weighted by atomic mass is 19.1. The van der Waals surface area contributed by atoms with E-state index in [1.807, 2.05) is 0 Å². The third kappa shape index (κ3) is 4.35. The first kappa shape index (κ1) is 19.7. The molecule has 2 heterocycles. The summed E-state index contributed by atoms with van der Waals surface area (Å²) in [6, 6.07) is 13.5. The van der Waals surface area contributed by atoms with Crippen LogP contribution in [0.3, 0.4) is 0 Å². The molecule has 0 amide bonds. The maximum Gasteiger partial charge on any atom is 0.231 e. The fourth-order valence-corrected chi connectivity index (χ4v) is 3.13. The van der Waals surface area contributed by atoms with Crippen LogP contribution in [0.4, 0.5) is 13.2 Å². The number of imidazole rings is 1. The third-order valence-corrected chi connectivity index (χ3v) is 4.74. The lowest BCUT2D eigenvalue weighted by molar-refractivity contribution is 0.0982. The SMILES string of the molecule is O=C(CCc1cc(OCc2ccccc2F)ccc1F)c1ccn2cc(F)nc2c1. The van der Waals surface area contributed by atoms with E-state index in [0.29, 0.717) is 28.1 Å². The molecule has 0 radical (unpaired) electrons. The topological polar surface area (TPSA) is 43.6 Å². The van der Waals surface area contributed by atoms with E-state index in [-0.39, 0.29) is 31.0 Å². The quantitative estimate of drug-likeness (QED) is 0.396. The van der Waals surface area contributed by atoms with Gasteiger partial charge in [-0.2, -0.15) is 4.39 Å². The predicted octanol–water partition coefficient (Wildman–Crippen LogP) is 5.15. The van der Waals surface area contributed by atoms with Crippen molar-refractivity contribution in [3.63, 3.8) is 0 Å². The summed E-state index contributed by atoms with van der Waals surface area (Å²) in [4.78, 5) is 16.2. The van der Waals surface area contributed by atoms with Gasteiger partial charge < -0.3 is 9.14 Å². The Morgan fingerprint density at radius 3 is 2.60 bits per heavy atom. The van der Waals surface area contributed by atoms with Gasteiger partial charge in [-0.1, -0.05) is 18.2 Å². The van der Waals surface area contributed by atoms with Crippen molar-refractivity contribution in [1.29, 1.82) is 0 Å². The third-order valence-electron chi connectivity index (χ3n) is 4.74. The number of Topliss-reactive ketones (excluding diaryl/α,β-unsaturated/α-hetero) is 1. The summed E-state index contributed by atoms with van der Waals surface area (Å²) in [6.45, 7) is 0.0115. The molecule has 0 unspecified atom stereocenters. The van der Waals surface area contributed by atoms with Gasteiger partial charge in [0.1, 0.15) is 29.6 Å². The van der Waals surface area contributed by atoms with E-state index < -0.39 is 11.8 Å². The molecular weight excluding hydrogens is 393 g/mol. The summed E-state index contributed by atoms with van der Waals surface area (Å²) in [5, 5.41) is 0. The Balaban J connectivity index is 1.42. The molecule has 2 aromatic carbocycles. The van der Waals surface area contributed by atoms with Crippen LogP contribution in [-0.4, -0.2) is 15.2 Å². The predicted molar refractivity (Wildman–Crippen MR) is 105 cm³/mol. The van der Waals surface area contributed by atoms with Gasteiger partial charge in [0.15, 0.2) is 5.78 Å². The lowest BCUT2D eigenvalue weighted by Crippen LogP contribution is -2.04. The van der Waals surface area contributed by atoms with Crippen LogP contribution in [0.15, 0.2) is 67.0 Å². The zero-order valence-electron chi connectivity index (χ0n) is 15.8. The van der Waals surface area contributed by atoms with Gasteiger partial charge in [-0.25, -0.2) is 13.8 Å². The number of benzene rings is 2. The molecule has 0 fully saturated rings. The number of carbonyl (C=O) groups excluding carboxylic acids is 1. The first-order chi connectivity index (χ1) is 14.5. The number of nitrogens with zero attached hydrogens (tertiary/aromatic N) is 2. The molecule has 4 rings (SSSR count). The summed E-state index contributed by atoms with van der Waals surface area (Å²) < 4.78 is 48.1. The summed E-state index contributed by atoms with van der Waals surface area (Å²) in [6.07, 6.45) is 2.99. The average Bonchev–Trinajstić information content (AvgIpc) is 3.12. The highest BCUT2D eigenvalue weighted by molar-refractivity contribution is 5.96. The number of ketones is 1. The van der Waals surface area contributed by atoms with Crippen molar-refractivity contribution in [2.75, 3.05) is 0 Å². The van der Waals surface area contributed by atoms with Gasteiger partial charge in [0.25, 0.3) is 0 Å². The van der Waals surface area contributed by atoms with Crippen LogP contribution < -0.4 is 4.74 Å². The van der Waals surface area contributed by atoms with Gasteiger partial charge in [-0.05, 0) is 48.4 Å². The smallest absolute Gasteiger partial charge is 0.231 e. The maximum atomic E-state index is 14.2. The lowest BCUT2D eigenvalue weighted by atomic mass is 10.0. The van der Waals surface area contributed by atoms with Crippen LogP contribution in [0.1, 0.15) is 27.9 Å². The fourth-order valence-electron chi connectivity index (χ4n) is 3.13. The highest BCUT2D eigenvalue weighted by Crippen LogP contribution is 2.21. The molecule has 0 saturated carbocycles. The first-order valence-electron chi connectivity index (χ1n) is 9.32. The number of hydrogen-bond acceptors (Lipinski definition) is 3. The number of aromatic nitrogens is 2. The van der Waals surface area contributed by atoms with E-state index in [0.717, 1.165) is 0 Å². The van der Waals surface area contributed by atoms with E-state index in [2.05, 4.69) is 4.98 Å². The van der Waals surface area contributed by atoms with Crippen LogP contribution in [0.25, 0.3) is 5.65 Å². The normalized spacial score (nSPS) is 11.0. The molecule has 0 bridgehead atoms. The molecule has 0 aliphatic rings. The molecule has 0 spiro atoms. The largest absolute Gasteiger partial charge is 0.489 e. The zero-order valence-corrected chi connectivity index (χ0v) is 15.8. The molecule has 4 aromatic rings. The minimum absolute atomic E-state index is 0.0115. The monoisotopic (exact) mass is 410 g/mol. The first-order valence-corrected chi connectivity index (χ1v) is 9.32. The van der Waals surface area contributed by atoms with Crippen LogP contribution in [0.2, 0.25) is 0 Å². The number of fused-ring (bicyclic) bond motifs is 1. The van der Waals surface area contributed by atoms with E-state index in [1.165, 1.54) is 40.9 Å². The fraction of sp³-hybridized carbons (Fsp3) is 0.130. The van der Waals surface area contributed by atoms with E-state index in [4.69, 9.17) is 4.74 Å². The van der Waals surface area contributed by atoms with E-state index >= 15 is 0 Å². The maximum absolute atomic E-state index is 14.2. The standard InChI is InChI=1S/C23H17F3N2O2/c24-19-4-2-1-3-17(19)14-30-18-6-7-20(25)15(11-18)5-8-21(29)16-9-10-28-13-22(26)27-23(28)12-16/h1-4,6-7,9-13H,5,8,14H2. The summed E-state index contributed by atoms with van der Waals surface area (Å²) in [7, 11) is 0. The molecule has 152 valence electrons. The van der Waals surface area contributed by atoms with Gasteiger partial charge >= 0.3 is 0 Å². The van der Waals surface area contributed by atoms with Gasteiger partial charge in [-0.3, -0.25) is 4.79 Å². The summed E-state index contributed by atoms with van der Waals surface area (Å²) in [5.41, 5.74) is 1.42. The Morgan fingerprint density at radius 2 is 1.77 bits per heavy atom. The molecule has 0 N–H and O–H groups in total. The molecule has 30 heavy (non-hydrogen) atoms. The number of rotatable bonds is 7. The minimum atomic E-state index is -0.631. The molecular formula is C23H17F3N2O2. The number of carbonyl (C=O) groups is 1. The van der Waals surface area contributed by atoms with Gasteiger partial charge in [0, 0.05) is 23.7 Å². The van der Waals surface area contributed by atoms with Crippen molar-refractivity contribution in [3.8, 4) is 5.75 Å². The van der Waals surface area contributed by atoms with Crippen molar-refractivity contribution in [1.82, 2.24) is 9.38 Å². The zero-order chi connectivity index (χ0) is 21.1. The Bertz CT molecular complexity index is 1220. The van der Waals surface area contributed by atoms with Gasteiger partial charge in [-0.15, -0.1) is 0 Å². The molecule has 0 aliphatic heterocycles. The van der Waals surface area contributed by atoms with Crippen LogP contribution >= 0.6 is 0 Å². The van der Waals surface area contributed by atoms with E-state index in [9.17, 15) is 18.0 Å². The molecule has 0 aliphatic carbocycles. The summed E-state index contributed by atoms with van der Waals surface area (Å²) in [5.74, 6) is -1.28. The number of aryl methyl sites for hydroxylation is 1. The number of ether oxygens (including phenoxy) is 1. The minimum Gasteiger partial charge on any atom is -0.489 e. The van der Waals surface area contributed by atoms with Crippen molar-refractivity contribution < 1.29 is 22.7 Å². The van der Waals surface area contributed by atoms with Crippen LogP contribution in [-0.2, 0) is 13.0 Å². The van der Waals surface area contributed by atoms with Crippen LogP contribution in [0, 0.1) is 17.6 Å². The molecule has 7 heteroatoms.